The van der Waals surface area contributed by atoms with E-state index in [1.54, 1.807) is 11.8 Å². The van der Waals surface area contributed by atoms with Gasteiger partial charge in [-0.25, -0.2) is 0 Å². The van der Waals surface area contributed by atoms with Gasteiger partial charge in [0.15, 0.2) is 0 Å². The van der Waals surface area contributed by atoms with Crippen molar-refractivity contribution in [2.24, 2.45) is 5.92 Å². The summed E-state index contributed by atoms with van der Waals surface area (Å²) < 4.78 is 0. The molecule has 0 spiro atoms. The second kappa shape index (κ2) is 6.27. The molecule has 0 saturated carbocycles. The fourth-order valence-electron chi connectivity index (χ4n) is 1.11. The van der Waals surface area contributed by atoms with E-state index in [4.69, 9.17) is 0 Å². The second-order valence-electron chi connectivity index (χ2n) is 3.38. The van der Waals surface area contributed by atoms with Crippen LogP contribution in [0.5, 0.6) is 0 Å². The predicted molar refractivity (Wildman–Crippen MR) is 57.0 cm³/mol. The van der Waals surface area contributed by atoms with E-state index in [9.17, 15) is 4.79 Å². The minimum atomic E-state index is 0.186. The minimum Gasteiger partial charge on any atom is -0.355 e. The standard InChI is InChI=1S/C9H18N2OS/c1-2-3-13-7-9(12)11-6-8-4-10-5-8/h8,10H,2-7H2,1H3,(H,11,12). The Morgan fingerprint density at radius 3 is 2.92 bits per heavy atom. The molecule has 4 heteroatoms. The molecule has 2 N–H and O–H groups in total. The summed E-state index contributed by atoms with van der Waals surface area (Å²) in [6.45, 7) is 5.09. The summed E-state index contributed by atoms with van der Waals surface area (Å²) in [5, 5.41) is 6.12. The summed E-state index contributed by atoms with van der Waals surface area (Å²) in [5.41, 5.74) is 0. The monoisotopic (exact) mass is 202 g/mol. The van der Waals surface area contributed by atoms with Gasteiger partial charge in [-0.05, 0) is 12.2 Å². The first-order valence-electron chi connectivity index (χ1n) is 4.88. The van der Waals surface area contributed by atoms with E-state index in [2.05, 4.69) is 17.6 Å². The highest BCUT2D eigenvalue weighted by molar-refractivity contribution is 7.99. The van der Waals surface area contributed by atoms with Crippen LogP contribution in [0.2, 0.25) is 0 Å². The molecule has 1 fully saturated rings. The van der Waals surface area contributed by atoms with Gasteiger partial charge < -0.3 is 10.6 Å². The van der Waals surface area contributed by atoms with Crippen LogP contribution in [0.15, 0.2) is 0 Å². The van der Waals surface area contributed by atoms with Crippen molar-refractivity contribution in [1.29, 1.82) is 0 Å². The lowest BCUT2D eigenvalue weighted by Gasteiger charge is -2.27. The Hall–Kier alpha value is -0.220. The third kappa shape index (κ3) is 4.52. The van der Waals surface area contributed by atoms with Gasteiger partial charge in [0.05, 0.1) is 5.75 Å². The van der Waals surface area contributed by atoms with Gasteiger partial charge in [0.25, 0.3) is 0 Å². The maximum Gasteiger partial charge on any atom is 0.230 e. The Kier molecular flexibility index (Phi) is 5.23. The van der Waals surface area contributed by atoms with Gasteiger partial charge in [-0.3, -0.25) is 4.79 Å². The number of rotatable bonds is 6. The van der Waals surface area contributed by atoms with Gasteiger partial charge in [0, 0.05) is 25.6 Å². The quantitative estimate of drug-likeness (QED) is 0.615. The van der Waals surface area contributed by atoms with Crippen LogP contribution >= 0.6 is 11.8 Å². The van der Waals surface area contributed by atoms with Crippen molar-refractivity contribution in [3.8, 4) is 0 Å². The molecule has 0 bridgehead atoms. The first-order chi connectivity index (χ1) is 6.33. The number of carbonyl (C=O) groups excluding carboxylic acids is 1. The van der Waals surface area contributed by atoms with Gasteiger partial charge in [0.2, 0.25) is 5.91 Å². The Labute approximate surface area is 84.0 Å². The molecule has 13 heavy (non-hydrogen) atoms. The smallest absolute Gasteiger partial charge is 0.230 e. The molecule has 0 aromatic heterocycles. The van der Waals surface area contributed by atoms with E-state index in [1.807, 2.05) is 0 Å². The first-order valence-corrected chi connectivity index (χ1v) is 6.03. The van der Waals surface area contributed by atoms with E-state index in [1.165, 1.54) is 0 Å². The zero-order valence-electron chi connectivity index (χ0n) is 8.14. The van der Waals surface area contributed by atoms with Crippen molar-refractivity contribution >= 4 is 17.7 Å². The second-order valence-corrected chi connectivity index (χ2v) is 4.49. The predicted octanol–water partition coefficient (Wildman–Crippen LogP) is 0.465. The maximum atomic E-state index is 11.2. The molecule has 0 aromatic rings. The largest absolute Gasteiger partial charge is 0.355 e. The van der Waals surface area contributed by atoms with Crippen molar-refractivity contribution in [3.63, 3.8) is 0 Å². The lowest BCUT2D eigenvalue weighted by molar-refractivity contribution is -0.118. The number of hydrogen-bond acceptors (Lipinski definition) is 3. The average molecular weight is 202 g/mol. The normalized spacial score (nSPS) is 16.7. The van der Waals surface area contributed by atoms with Crippen molar-refractivity contribution in [3.05, 3.63) is 0 Å². The molecule has 0 radical (unpaired) electrons. The van der Waals surface area contributed by atoms with Crippen molar-refractivity contribution < 1.29 is 4.79 Å². The van der Waals surface area contributed by atoms with Crippen LogP contribution in [-0.4, -0.2) is 37.0 Å². The van der Waals surface area contributed by atoms with Crippen LogP contribution in [0.4, 0.5) is 0 Å². The zero-order valence-corrected chi connectivity index (χ0v) is 8.95. The molecule has 0 unspecified atom stereocenters. The molecule has 3 nitrogen and oxygen atoms in total. The summed E-state index contributed by atoms with van der Waals surface area (Å²) in [5.74, 6) is 2.55. The summed E-state index contributed by atoms with van der Waals surface area (Å²) in [7, 11) is 0. The summed E-state index contributed by atoms with van der Waals surface area (Å²) >= 11 is 1.71. The molecule has 1 heterocycles. The maximum absolute atomic E-state index is 11.2. The zero-order chi connectivity index (χ0) is 9.52. The summed E-state index contributed by atoms with van der Waals surface area (Å²) in [4.78, 5) is 11.2. The van der Waals surface area contributed by atoms with Crippen molar-refractivity contribution in [2.75, 3.05) is 31.1 Å². The third-order valence-corrected chi connectivity index (χ3v) is 3.20. The Morgan fingerprint density at radius 2 is 2.38 bits per heavy atom. The Bertz CT molecular complexity index is 160. The van der Waals surface area contributed by atoms with Gasteiger partial charge >= 0.3 is 0 Å². The van der Waals surface area contributed by atoms with Crippen LogP contribution in [0, 0.1) is 5.92 Å². The highest BCUT2D eigenvalue weighted by Crippen LogP contribution is 2.02. The molecule has 1 aliphatic heterocycles. The molecule has 1 saturated heterocycles. The molecular weight excluding hydrogens is 184 g/mol. The highest BCUT2D eigenvalue weighted by Gasteiger charge is 2.16. The van der Waals surface area contributed by atoms with Crippen LogP contribution in [0.25, 0.3) is 0 Å². The van der Waals surface area contributed by atoms with Crippen LogP contribution in [0.1, 0.15) is 13.3 Å². The number of hydrogen-bond donors (Lipinski definition) is 2. The SMILES string of the molecule is CCCSCC(=O)NCC1CNC1. The minimum absolute atomic E-state index is 0.186. The molecule has 0 aromatic carbocycles. The molecule has 76 valence electrons. The van der Waals surface area contributed by atoms with Crippen LogP contribution < -0.4 is 10.6 Å². The van der Waals surface area contributed by atoms with Gasteiger partial charge in [-0.1, -0.05) is 6.92 Å². The number of amides is 1. The van der Waals surface area contributed by atoms with Gasteiger partial charge in [-0.2, -0.15) is 11.8 Å². The van der Waals surface area contributed by atoms with Crippen LogP contribution in [0.3, 0.4) is 0 Å². The number of thioether (sulfide) groups is 1. The van der Waals surface area contributed by atoms with Gasteiger partial charge in [-0.15, -0.1) is 0 Å². The van der Waals surface area contributed by atoms with E-state index >= 15 is 0 Å². The Balaban J connectivity index is 1.90. The Morgan fingerprint density at radius 1 is 1.62 bits per heavy atom. The van der Waals surface area contributed by atoms with Crippen molar-refractivity contribution in [1.82, 2.24) is 10.6 Å². The topological polar surface area (TPSA) is 41.1 Å². The molecule has 0 aliphatic carbocycles. The lowest BCUT2D eigenvalue weighted by Crippen LogP contribution is -2.48. The van der Waals surface area contributed by atoms with Crippen molar-refractivity contribution in [2.45, 2.75) is 13.3 Å². The lowest BCUT2D eigenvalue weighted by atomic mass is 10.0. The molecule has 1 amide bonds. The van der Waals surface area contributed by atoms with E-state index < -0.39 is 0 Å². The molecule has 1 rings (SSSR count). The fourth-order valence-corrected chi connectivity index (χ4v) is 1.83. The van der Waals surface area contributed by atoms with E-state index in [0.717, 1.165) is 31.8 Å². The average Bonchev–Trinajstić information content (AvgIpc) is 2.02. The first kappa shape index (κ1) is 10.9. The highest BCUT2D eigenvalue weighted by atomic mass is 32.2. The fraction of sp³-hybridized carbons (Fsp3) is 0.889. The molecule has 1 aliphatic rings. The summed E-state index contributed by atoms with van der Waals surface area (Å²) in [6.07, 6.45) is 1.14. The molecular formula is C9H18N2OS. The number of carbonyl (C=O) groups is 1. The van der Waals surface area contributed by atoms with E-state index in [-0.39, 0.29) is 5.91 Å². The third-order valence-electron chi connectivity index (χ3n) is 2.04. The van der Waals surface area contributed by atoms with Gasteiger partial charge in [0.1, 0.15) is 0 Å². The summed E-state index contributed by atoms with van der Waals surface area (Å²) in [6, 6.07) is 0. The van der Waals surface area contributed by atoms with Crippen LogP contribution in [-0.2, 0) is 4.79 Å². The van der Waals surface area contributed by atoms with E-state index in [0.29, 0.717) is 11.7 Å². The molecule has 0 atom stereocenters. The number of nitrogens with one attached hydrogen (secondary N) is 2.